The molecule has 0 fully saturated rings. The van der Waals surface area contributed by atoms with Gasteiger partial charge in [-0.2, -0.15) is 5.10 Å². The molecule has 5 heteroatoms. The minimum atomic E-state index is 0.570. The van der Waals surface area contributed by atoms with Crippen LogP contribution < -0.4 is 14.2 Å². The molecule has 0 atom stereocenters. The zero-order valence-corrected chi connectivity index (χ0v) is 12.9. The van der Waals surface area contributed by atoms with Crippen molar-refractivity contribution < 1.29 is 14.2 Å². The van der Waals surface area contributed by atoms with Gasteiger partial charge >= 0.3 is 0 Å². The fourth-order valence-corrected chi connectivity index (χ4v) is 2.07. The Morgan fingerprint density at radius 3 is 2.04 bits per heavy atom. The van der Waals surface area contributed by atoms with Gasteiger partial charge in [0, 0.05) is 12.4 Å². The number of methoxy groups -OCH3 is 1. The SMILES string of the molecule is COc1ccc(Oc2ccc(OCCn3cccn3)cc2)cc1. The van der Waals surface area contributed by atoms with E-state index in [0.717, 1.165) is 29.5 Å². The van der Waals surface area contributed by atoms with Crippen LogP contribution in [0.3, 0.4) is 0 Å². The van der Waals surface area contributed by atoms with Crippen LogP contribution in [0.25, 0.3) is 0 Å². The van der Waals surface area contributed by atoms with Crippen molar-refractivity contribution in [3.8, 4) is 23.0 Å². The number of rotatable bonds is 7. The van der Waals surface area contributed by atoms with Crippen molar-refractivity contribution in [2.75, 3.05) is 13.7 Å². The molecule has 3 aromatic rings. The number of nitrogens with zero attached hydrogens (tertiary/aromatic N) is 2. The Bertz CT molecular complexity index is 707. The maximum atomic E-state index is 5.77. The first-order valence-electron chi connectivity index (χ1n) is 7.36. The van der Waals surface area contributed by atoms with E-state index in [1.54, 1.807) is 13.3 Å². The summed E-state index contributed by atoms with van der Waals surface area (Å²) in [6, 6.07) is 16.9. The topological polar surface area (TPSA) is 45.5 Å². The first kappa shape index (κ1) is 15.0. The van der Waals surface area contributed by atoms with Crippen molar-refractivity contribution in [2.24, 2.45) is 0 Å². The molecule has 0 saturated heterocycles. The van der Waals surface area contributed by atoms with Crippen LogP contribution in [-0.4, -0.2) is 23.5 Å². The second kappa shape index (κ2) is 7.35. The van der Waals surface area contributed by atoms with Crippen LogP contribution in [0.4, 0.5) is 0 Å². The van der Waals surface area contributed by atoms with Crippen LogP contribution in [0.1, 0.15) is 0 Å². The van der Waals surface area contributed by atoms with Gasteiger partial charge in [-0.1, -0.05) is 0 Å². The lowest BCUT2D eigenvalue weighted by Crippen LogP contribution is -2.08. The van der Waals surface area contributed by atoms with Crippen molar-refractivity contribution in [3.63, 3.8) is 0 Å². The number of hydrogen-bond acceptors (Lipinski definition) is 4. The highest BCUT2D eigenvalue weighted by Crippen LogP contribution is 2.25. The highest BCUT2D eigenvalue weighted by molar-refractivity contribution is 5.37. The van der Waals surface area contributed by atoms with Crippen molar-refractivity contribution in [3.05, 3.63) is 67.0 Å². The fourth-order valence-electron chi connectivity index (χ4n) is 2.07. The molecule has 0 radical (unpaired) electrons. The van der Waals surface area contributed by atoms with E-state index in [4.69, 9.17) is 14.2 Å². The quantitative estimate of drug-likeness (QED) is 0.666. The van der Waals surface area contributed by atoms with Gasteiger partial charge in [0.05, 0.1) is 13.7 Å². The third-order valence-electron chi connectivity index (χ3n) is 3.27. The maximum absolute atomic E-state index is 5.77. The van der Waals surface area contributed by atoms with Crippen molar-refractivity contribution in [1.29, 1.82) is 0 Å². The van der Waals surface area contributed by atoms with Crippen molar-refractivity contribution >= 4 is 0 Å². The molecule has 23 heavy (non-hydrogen) atoms. The summed E-state index contributed by atoms with van der Waals surface area (Å²) >= 11 is 0. The Morgan fingerprint density at radius 2 is 1.48 bits per heavy atom. The van der Waals surface area contributed by atoms with E-state index >= 15 is 0 Å². The van der Waals surface area contributed by atoms with E-state index in [2.05, 4.69) is 5.10 Å². The van der Waals surface area contributed by atoms with Gasteiger partial charge in [0.1, 0.15) is 29.6 Å². The fraction of sp³-hybridized carbons (Fsp3) is 0.167. The van der Waals surface area contributed by atoms with Gasteiger partial charge in [0.15, 0.2) is 0 Å². The number of ether oxygens (including phenoxy) is 3. The number of aromatic nitrogens is 2. The van der Waals surface area contributed by atoms with E-state index in [9.17, 15) is 0 Å². The van der Waals surface area contributed by atoms with Gasteiger partial charge in [-0.05, 0) is 54.6 Å². The summed E-state index contributed by atoms with van der Waals surface area (Å²) < 4.78 is 18.4. The molecular weight excluding hydrogens is 292 g/mol. The Kier molecular flexibility index (Phi) is 4.79. The predicted octanol–water partition coefficient (Wildman–Crippen LogP) is 3.76. The first-order valence-corrected chi connectivity index (χ1v) is 7.36. The average Bonchev–Trinajstić information content (AvgIpc) is 3.11. The smallest absolute Gasteiger partial charge is 0.127 e. The Hall–Kier alpha value is -2.95. The maximum Gasteiger partial charge on any atom is 0.127 e. The van der Waals surface area contributed by atoms with Gasteiger partial charge in [-0.3, -0.25) is 4.68 Å². The third kappa shape index (κ3) is 4.26. The molecule has 1 aromatic heterocycles. The summed E-state index contributed by atoms with van der Waals surface area (Å²) in [7, 11) is 1.64. The van der Waals surface area contributed by atoms with E-state index in [-0.39, 0.29) is 0 Å². The highest BCUT2D eigenvalue weighted by Gasteiger charge is 2.00. The van der Waals surface area contributed by atoms with E-state index < -0.39 is 0 Å². The zero-order valence-electron chi connectivity index (χ0n) is 12.9. The molecule has 0 aliphatic rings. The van der Waals surface area contributed by atoms with Crippen LogP contribution in [0, 0.1) is 0 Å². The van der Waals surface area contributed by atoms with Gasteiger partial charge in [-0.25, -0.2) is 0 Å². The molecule has 1 heterocycles. The van der Waals surface area contributed by atoms with Crippen LogP contribution in [0.15, 0.2) is 67.0 Å². The highest BCUT2D eigenvalue weighted by atomic mass is 16.5. The molecule has 0 aliphatic heterocycles. The summed E-state index contributed by atoms with van der Waals surface area (Å²) in [5.41, 5.74) is 0. The van der Waals surface area contributed by atoms with Crippen LogP contribution in [0.5, 0.6) is 23.0 Å². The van der Waals surface area contributed by atoms with Gasteiger partial charge < -0.3 is 14.2 Å². The first-order chi connectivity index (χ1) is 11.3. The third-order valence-corrected chi connectivity index (χ3v) is 3.27. The van der Waals surface area contributed by atoms with E-state index in [0.29, 0.717) is 6.61 Å². The lowest BCUT2D eigenvalue weighted by molar-refractivity contribution is 0.291. The molecule has 0 amide bonds. The summed E-state index contributed by atoms with van der Waals surface area (Å²) in [5.74, 6) is 3.13. The Balaban J connectivity index is 1.51. The number of benzene rings is 2. The molecule has 0 spiro atoms. The summed E-state index contributed by atoms with van der Waals surface area (Å²) in [6.45, 7) is 1.29. The van der Waals surface area contributed by atoms with E-state index in [1.807, 2.05) is 65.5 Å². The van der Waals surface area contributed by atoms with Crippen molar-refractivity contribution in [2.45, 2.75) is 6.54 Å². The molecule has 5 nitrogen and oxygen atoms in total. The predicted molar refractivity (Wildman–Crippen MR) is 87.2 cm³/mol. The largest absolute Gasteiger partial charge is 0.497 e. The minimum absolute atomic E-state index is 0.570. The molecule has 0 bridgehead atoms. The molecule has 2 aromatic carbocycles. The van der Waals surface area contributed by atoms with Gasteiger partial charge in [-0.15, -0.1) is 0 Å². The summed E-state index contributed by atoms with van der Waals surface area (Å²) in [4.78, 5) is 0. The minimum Gasteiger partial charge on any atom is -0.497 e. The second-order valence-electron chi connectivity index (χ2n) is 4.87. The molecule has 0 aliphatic carbocycles. The monoisotopic (exact) mass is 310 g/mol. The van der Waals surface area contributed by atoms with Crippen LogP contribution in [0.2, 0.25) is 0 Å². The van der Waals surface area contributed by atoms with Gasteiger partial charge in [0.25, 0.3) is 0 Å². The molecule has 118 valence electrons. The lowest BCUT2D eigenvalue weighted by Gasteiger charge is -2.09. The van der Waals surface area contributed by atoms with Crippen molar-refractivity contribution in [1.82, 2.24) is 9.78 Å². The molecule has 3 rings (SSSR count). The van der Waals surface area contributed by atoms with E-state index in [1.165, 1.54) is 0 Å². The molecular formula is C18H18N2O3. The summed E-state index contributed by atoms with van der Waals surface area (Å²) in [5, 5.41) is 4.13. The van der Waals surface area contributed by atoms with Gasteiger partial charge in [0.2, 0.25) is 0 Å². The zero-order chi connectivity index (χ0) is 15.9. The normalized spacial score (nSPS) is 10.3. The second-order valence-corrected chi connectivity index (χ2v) is 4.87. The van der Waals surface area contributed by atoms with Crippen LogP contribution >= 0.6 is 0 Å². The lowest BCUT2D eigenvalue weighted by atomic mass is 10.3. The van der Waals surface area contributed by atoms with Crippen LogP contribution in [-0.2, 0) is 6.54 Å². The standard InChI is InChI=1S/C18H18N2O3/c1-21-15-3-7-17(8-4-15)23-18-9-5-16(6-10-18)22-14-13-20-12-2-11-19-20/h2-12H,13-14H2,1H3. The summed E-state index contributed by atoms with van der Waals surface area (Å²) in [6.07, 6.45) is 3.67. The average molecular weight is 310 g/mol. The molecule has 0 saturated carbocycles. The Labute approximate surface area is 135 Å². The Morgan fingerprint density at radius 1 is 0.870 bits per heavy atom. The molecule has 0 N–H and O–H groups in total. The number of hydrogen-bond donors (Lipinski definition) is 0. The molecule has 0 unspecified atom stereocenters.